The minimum Gasteiger partial charge on any atom is -0.451 e. The minimum atomic E-state index is -0.599. The maximum Gasteiger partial charge on any atom is 0.359 e. The standard InChI is InChI=1S/C18H25N3O3/c1-3-4-5-6-9-13(2)19-16(22)12-24-18(23)17-14-10-7-8-11-15(14)20-21-17/h7-8,10-11,13H,3-6,9,12H2,1-2H3,(H,19,22)(H,20,21)/t13-/m0/s1. The molecule has 0 aliphatic carbocycles. The molecule has 0 unspecified atom stereocenters. The van der Waals surface area contributed by atoms with Gasteiger partial charge in [-0.1, -0.05) is 50.8 Å². The molecule has 2 aromatic rings. The molecule has 1 aromatic heterocycles. The van der Waals surface area contributed by atoms with E-state index in [1.54, 1.807) is 6.07 Å². The van der Waals surface area contributed by atoms with Crippen molar-refractivity contribution < 1.29 is 14.3 Å². The van der Waals surface area contributed by atoms with Crippen LogP contribution in [0.3, 0.4) is 0 Å². The second-order valence-corrected chi connectivity index (χ2v) is 6.01. The van der Waals surface area contributed by atoms with Crippen LogP contribution in [0.2, 0.25) is 0 Å². The molecule has 0 spiro atoms. The van der Waals surface area contributed by atoms with Gasteiger partial charge in [0.1, 0.15) is 0 Å². The normalized spacial score (nSPS) is 12.1. The predicted octanol–water partition coefficient (Wildman–Crippen LogP) is 3.19. The topological polar surface area (TPSA) is 84.1 Å². The molecule has 1 aromatic carbocycles. The number of H-pyrrole nitrogens is 1. The number of rotatable bonds is 9. The monoisotopic (exact) mass is 331 g/mol. The summed E-state index contributed by atoms with van der Waals surface area (Å²) in [5, 5.41) is 10.3. The van der Waals surface area contributed by atoms with Gasteiger partial charge in [-0.05, 0) is 19.4 Å². The number of unbranched alkanes of at least 4 members (excludes halogenated alkanes) is 3. The number of fused-ring (bicyclic) bond motifs is 1. The number of para-hydroxylation sites is 1. The molecule has 1 atom stereocenters. The van der Waals surface area contributed by atoms with Gasteiger partial charge in [0.25, 0.3) is 5.91 Å². The van der Waals surface area contributed by atoms with Crippen molar-refractivity contribution in [2.24, 2.45) is 0 Å². The lowest BCUT2D eigenvalue weighted by atomic mass is 10.1. The van der Waals surface area contributed by atoms with Crippen LogP contribution in [-0.2, 0) is 9.53 Å². The van der Waals surface area contributed by atoms with Gasteiger partial charge < -0.3 is 10.1 Å². The fourth-order valence-electron chi connectivity index (χ4n) is 2.58. The van der Waals surface area contributed by atoms with Crippen molar-refractivity contribution >= 4 is 22.8 Å². The molecule has 0 saturated heterocycles. The van der Waals surface area contributed by atoms with Crippen LogP contribution in [0.1, 0.15) is 56.4 Å². The molecule has 130 valence electrons. The van der Waals surface area contributed by atoms with E-state index in [2.05, 4.69) is 22.4 Å². The summed E-state index contributed by atoms with van der Waals surface area (Å²) in [5.41, 5.74) is 0.959. The van der Waals surface area contributed by atoms with Gasteiger partial charge in [-0.3, -0.25) is 9.89 Å². The number of benzene rings is 1. The van der Waals surface area contributed by atoms with E-state index in [1.165, 1.54) is 19.3 Å². The van der Waals surface area contributed by atoms with Crippen LogP contribution < -0.4 is 5.32 Å². The first-order chi connectivity index (χ1) is 11.6. The molecule has 2 N–H and O–H groups in total. The average Bonchev–Trinajstić information content (AvgIpc) is 3.01. The summed E-state index contributed by atoms with van der Waals surface area (Å²) in [5.74, 6) is -0.885. The third kappa shape index (κ3) is 5.08. The smallest absolute Gasteiger partial charge is 0.359 e. The minimum absolute atomic E-state index is 0.0827. The fraction of sp³-hybridized carbons (Fsp3) is 0.500. The Balaban J connectivity index is 1.76. The van der Waals surface area contributed by atoms with E-state index in [0.29, 0.717) is 5.39 Å². The van der Waals surface area contributed by atoms with E-state index in [9.17, 15) is 9.59 Å². The summed E-state index contributed by atoms with van der Waals surface area (Å²) in [6.07, 6.45) is 5.62. The number of nitrogens with zero attached hydrogens (tertiary/aromatic N) is 1. The number of amides is 1. The zero-order chi connectivity index (χ0) is 17.4. The van der Waals surface area contributed by atoms with E-state index in [1.807, 2.05) is 25.1 Å². The Morgan fingerprint density at radius 3 is 2.83 bits per heavy atom. The van der Waals surface area contributed by atoms with Crippen LogP contribution >= 0.6 is 0 Å². The molecule has 1 heterocycles. The van der Waals surface area contributed by atoms with Crippen molar-refractivity contribution in [3.8, 4) is 0 Å². The van der Waals surface area contributed by atoms with Crippen LogP contribution in [0, 0.1) is 0 Å². The first-order valence-electron chi connectivity index (χ1n) is 8.51. The molecule has 0 radical (unpaired) electrons. The number of carbonyl (C=O) groups is 2. The molecule has 0 saturated carbocycles. The number of aromatic amines is 1. The van der Waals surface area contributed by atoms with Crippen molar-refractivity contribution in [2.75, 3.05) is 6.61 Å². The molecule has 24 heavy (non-hydrogen) atoms. The van der Waals surface area contributed by atoms with Crippen LogP contribution in [0.15, 0.2) is 24.3 Å². The lowest BCUT2D eigenvalue weighted by molar-refractivity contribution is -0.124. The fourth-order valence-corrected chi connectivity index (χ4v) is 2.58. The lowest BCUT2D eigenvalue weighted by Crippen LogP contribution is -2.35. The van der Waals surface area contributed by atoms with Crippen LogP contribution in [0.4, 0.5) is 0 Å². The van der Waals surface area contributed by atoms with Crippen molar-refractivity contribution in [2.45, 2.75) is 52.0 Å². The van der Waals surface area contributed by atoms with Gasteiger partial charge in [0.05, 0.1) is 5.52 Å². The van der Waals surface area contributed by atoms with Gasteiger partial charge >= 0.3 is 5.97 Å². The van der Waals surface area contributed by atoms with Gasteiger partial charge in [-0.2, -0.15) is 5.10 Å². The molecule has 0 bridgehead atoms. The SMILES string of the molecule is CCCCCC[C@H](C)NC(=O)COC(=O)c1n[nH]c2ccccc12. The number of aromatic nitrogens is 2. The highest BCUT2D eigenvalue weighted by molar-refractivity contribution is 6.02. The number of hydrogen-bond donors (Lipinski definition) is 2. The molecular weight excluding hydrogens is 306 g/mol. The first kappa shape index (κ1) is 18.0. The first-order valence-corrected chi connectivity index (χ1v) is 8.51. The largest absolute Gasteiger partial charge is 0.451 e. The Kier molecular flexibility index (Phi) is 6.78. The van der Waals surface area contributed by atoms with Crippen molar-refractivity contribution in [1.82, 2.24) is 15.5 Å². The Bertz CT molecular complexity index is 681. The maximum atomic E-state index is 12.1. The Morgan fingerprint density at radius 1 is 1.25 bits per heavy atom. The summed E-state index contributed by atoms with van der Waals surface area (Å²) in [4.78, 5) is 23.9. The summed E-state index contributed by atoms with van der Waals surface area (Å²) in [7, 11) is 0. The molecular formula is C18H25N3O3. The zero-order valence-electron chi connectivity index (χ0n) is 14.3. The number of hydrogen-bond acceptors (Lipinski definition) is 4. The van der Waals surface area contributed by atoms with Crippen LogP contribution in [-0.4, -0.2) is 34.7 Å². The second-order valence-electron chi connectivity index (χ2n) is 6.01. The molecule has 1 amide bonds. The number of ether oxygens (including phenoxy) is 1. The Labute approximate surface area is 142 Å². The lowest BCUT2D eigenvalue weighted by Gasteiger charge is -2.13. The quantitative estimate of drug-likeness (QED) is 0.546. The Hall–Kier alpha value is -2.37. The van der Waals surface area contributed by atoms with Gasteiger partial charge in [0.2, 0.25) is 0 Å². The highest BCUT2D eigenvalue weighted by atomic mass is 16.5. The summed E-state index contributed by atoms with van der Waals surface area (Å²) < 4.78 is 5.07. The van der Waals surface area contributed by atoms with Crippen molar-refractivity contribution in [1.29, 1.82) is 0 Å². The second kappa shape index (κ2) is 9.05. The van der Waals surface area contributed by atoms with Gasteiger partial charge in [0, 0.05) is 11.4 Å². The Morgan fingerprint density at radius 2 is 2.04 bits per heavy atom. The summed E-state index contributed by atoms with van der Waals surface area (Å²) >= 11 is 0. The van der Waals surface area contributed by atoms with Gasteiger partial charge in [-0.15, -0.1) is 0 Å². The van der Waals surface area contributed by atoms with Crippen LogP contribution in [0.5, 0.6) is 0 Å². The molecule has 6 nitrogen and oxygen atoms in total. The molecule has 2 rings (SSSR count). The predicted molar refractivity (Wildman–Crippen MR) is 92.7 cm³/mol. The summed E-state index contributed by atoms with van der Waals surface area (Å²) in [6, 6.07) is 7.37. The highest BCUT2D eigenvalue weighted by Crippen LogP contribution is 2.15. The maximum absolute atomic E-state index is 12.1. The van der Waals surface area contributed by atoms with Crippen molar-refractivity contribution in [3.63, 3.8) is 0 Å². The average molecular weight is 331 g/mol. The van der Waals surface area contributed by atoms with E-state index in [0.717, 1.165) is 18.4 Å². The zero-order valence-corrected chi connectivity index (χ0v) is 14.3. The molecule has 0 aliphatic rings. The van der Waals surface area contributed by atoms with Gasteiger partial charge in [-0.25, -0.2) is 4.79 Å². The number of nitrogens with one attached hydrogen (secondary N) is 2. The van der Waals surface area contributed by atoms with Crippen LogP contribution in [0.25, 0.3) is 10.9 Å². The van der Waals surface area contributed by atoms with E-state index < -0.39 is 5.97 Å². The van der Waals surface area contributed by atoms with Gasteiger partial charge in [0.15, 0.2) is 12.3 Å². The summed E-state index contributed by atoms with van der Waals surface area (Å²) in [6.45, 7) is 3.84. The number of carbonyl (C=O) groups excluding carboxylic acids is 2. The molecule has 0 fully saturated rings. The molecule has 6 heteroatoms. The van der Waals surface area contributed by atoms with E-state index in [-0.39, 0.29) is 24.2 Å². The van der Waals surface area contributed by atoms with E-state index >= 15 is 0 Å². The highest BCUT2D eigenvalue weighted by Gasteiger charge is 2.17. The van der Waals surface area contributed by atoms with E-state index in [4.69, 9.17) is 4.74 Å². The number of esters is 1. The molecule has 0 aliphatic heterocycles. The third-order valence-corrected chi connectivity index (χ3v) is 3.90. The third-order valence-electron chi connectivity index (χ3n) is 3.90. The van der Waals surface area contributed by atoms with Crippen molar-refractivity contribution in [3.05, 3.63) is 30.0 Å².